The second-order valence-corrected chi connectivity index (χ2v) is 11.6. The van der Waals surface area contributed by atoms with E-state index in [1.807, 2.05) is 18.2 Å². The van der Waals surface area contributed by atoms with Gasteiger partial charge in [0.15, 0.2) is 0 Å². The molecule has 4 rings (SSSR count). The SMILES string of the molecule is NS(=O)(=O)c1cc(S(=O)(=O)N2CCCOC2)ccc1NCCC1(c2ccccc2)CC1. The summed E-state index contributed by atoms with van der Waals surface area (Å²) in [5.74, 6) is 0. The predicted molar refractivity (Wildman–Crippen MR) is 118 cm³/mol. The van der Waals surface area contributed by atoms with Gasteiger partial charge in [0.1, 0.15) is 11.6 Å². The molecule has 0 unspecified atom stereocenters. The summed E-state index contributed by atoms with van der Waals surface area (Å²) >= 11 is 0. The third kappa shape index (κ3) is 4.78. The van der Waals surface area contributed by atoms with Crippen molar-refractivity contribution in [2.45, 2.75) is 40.9 Å². The molecular formula is C21H27N3O5S2. The van der Waals surface area contributed by atoms with Crippen molar-refractivity contribution in [1.82, 2.24) is 4.31 Å². The van der Waals surface area contributed by atoms with Crippen molar-refractivity contribution in [3.8, 4) is 0 Å². The van der Waals surface area contributed by atoms with Crippen LogP contribution >= 0.6 is 0 Å². The molecule has 2 fully saturated rings. The average molecular weight is 466 g/mol. The zero-order valence-corrected chi connectivity index (χ0v) is 18.8. The Kier molecular flexibility index (Phi) is 6.10. The maximum atomic E-state index is 12.9. The van der Waals surface area contributed by atoms with E-state index in [0.717, 1.165) is 25.3 Å². The fourth-order valence-corrected chi connectivity index (χ4v) is 6.22. The van der Waals surface area contributed by atoms with Crippen LogP contribution in [0.1, 0.15) is 31.2 Å². The summed E-state index contributed by atoms with van der Waals surface area (Å²) in [4.78, 5) is -0.341. The standard InChI is InChI=1S/C21H27N3O5S2/c22-30(25,26)20-15-18(31(27,28)24-13-4-14-29-16-24)7-8-19(20)23-12-11-21(9-10-21)17-5-2-1-3-6-17/h1-3,5-8,15,23H,4,9-14,16H2,(H2,22,25,26). The minimum atomic E-state index is -4.13. The predicted octanol–water partition coefficient (Wildman–Crippen LogP) is 2.24. The van der Waals surface area contributed by atoms with Gasteiger partial charge in [0.25, 0.3) is 0 Å². The van der Waals surface area contributed by atoms with Gasteiger partial charge in [-0.15, -0.1) is 0 Å². The smallest absolute Gasteiger partial charge is 0.245 e. The lowest BCUT2D eigenvalue weighted by atomic mass is 9.92. The molecule has 1 saturated carbocycles. The number of nitrogens with two attached hydrogens (primary N) is 1. The van der Waals surface area contributed by atoms with Crippen LogP contribution in [0.2, 0.25) is 0 Å². The number of benzene rings is 2. The maximum absolute atomic E-state index is 12.9. The fraction of sp³-hybridized carbons (Fsp3) is 0.429. The van der Waals surface area contributed by atoms with Crippen LogP contribution in [0.15, 0.2) is 58.3 Å². The van der Waals surface area contributed by atoms with Crippen LogP contribution in [-0.2, 0) is 30.2 Å². The Hall–Kier alpha value is -1.98. The van der Waals surface area contributed by atoms with E-state index >= 15 is 0 Å². The molecule has 0 bridgehead atoms. The molecule has 2 aliphatic rings. The van der Waals surface area contributed by atoms with Gasteiger partial charge in [0, 0.05) is 19.7 Å². The number of rotatable bonds is 8. The highest BCUT2D eigenvalue weighted by Crippen LogP contribution is 2.50. The molecule has 1 aliphatic carbocycles. The summed E-state index contributed by atoms with van der Waals surface area (Å²) in [5, 5.41) is 8.56. The minimum Gasteiger partial charge on any atom is -0.384 e. The van der Waals surface area contributed by atoms with Gasteiger partial charge in [-0.25, -0.2) is 22.0 Å². The van der Waals surface area contributed by atoms with Gasteiger partial charge >= 0.3 is 0 Å². The molecule has 10 heteroatoms. The van der Waals surface area contributed by atoms with E-state index in [9.17, 15) is 16.8 Å². The van der Waals surface area contributed by atoms with Crippen molar-refractivity contribution in [3.63, 3.8) is 0 Å². The molecule has 3 N–H and O–H groups in total. The van der Waals surface area contributed by atoms with Crippen LogP contribution in [0.4, 0.5) is 5.69 Å². The number of nitrogens with zero attached hydrogens (tertiary/aromatic N) is 1. The first-order chi connectivity index (χ1) is 14.7. The lowest BCUT2D eigenvalue weighted by Crippen LogP contribution is -2.38. The summed E-state index contributed by atoms with van der Waals surface area (Å²) in [6.07, 6.45) is 3.61. The third-order valence-electron chi connectivity index (χ3n) is 5.99. The zero-order chi connectivity index (χ0) is 22.1. The van der Waals surface area contributed by atoms with Crippen LogP contribution < -0.4 is 10.5 Å². The first-order valence-electron chi connectivity index (χ1n) is 10.3. The molecule has 0 radical (unpaired) electrons. The van der Waals surface area contributed by atoms with Crippen molar-refractivity contribution in [2.24, 2.45) is 5.14 Å². The molecule has 1 aliphatic heterocycles. The largest absolute Gasteiger partial charge is 0.384 e. The topological polar surface area (TPSA) is 119 Å². The molecule has 2 aromatic rings. The quantitative estimate of drug-likeness (QED) is 0.617. The Morgan fingerprint density at radius 3 is 2.42 bits per heavy atom. The van der Waals surface area contributed by atoms with Crippen LogP contribution in [0, 0.1) is 0 Å². The molecule has 0 aromatic heterocycles. The molecule has 2 aromatic carbocycles. The number of primary sulfonamides is 1. The van der Waals surface area contributed by atoms with Crippen molar-refractivity contribution < 1.29 is 21.6 Å². The monoisotopic (exact) mass is 465 g/mol. The fourth-order valence-electron chi connectivity index (χ4n) is 4.02. The molecule has 1 heterocycles. The number of anilines is 1. The van der Waals surface area contributed by atoms with Crippen molar-refractivity contribution in [2.75, 3.05) is 31.7 Å². The summed E-state index contributed by atoms with van der Waals surface area (Å²) in [7, 11) is -8.00. The highest BCUT2D eigenvalue weighted by molar-refractivity contribution is 7.90. The molecule has 0 amide bonds. The van der Waals surface area contributed by atoms with Gasteiger partial charge in [-0.1, -0.05) is 30.3 Å². The molecular weight excluding hydrogens is 438 g/mol. The first kappa shape index (κ1) is 22.2. The highest BCUT2D eigenvalue weighted by Gasteiger charge is 2.43. The van der Waals surface area contributed by atoms with Gasteiger partial charge in [0.2, 0.25) is 20.0 Å². The molecule has 168 valence electrons. The lowest BCUT2D eigenvalue weighted by molar-refractivity contribution is 0.0313. The van der Waals surface area contributed by atoms with E-state index in [0.29, 0.717) is 31.8 Å². The van der Waals surface area contributed by atoms with Gasteiger partial charge in [0.05, 0.1) is 10.6 Å². The van der Waals surface area contributed by atoms with Gasteiger partial charge in [-0.2, -0.15) is 4.31 Å². The van der Waals surface area contributed by atoms with Crippen molar-refractivity contribution >= 4 is 25.7 Å². The van der Waals surface area contributed by atoms with E-state index < -0.39 is 20.0 Å². The van der Waals surface area contributed by atoms with Gasteiger partial charge in [-0.05, 0) is 54.9 Å². The summed E-state index contributed by atoms with van der Waals surface area (Å²) in [6.45, 7) is 1.33. The Morgan fingerprint density at radius 2 is 1.81 bits per heavy atom. The molecule has 8 nitrogen and oxygen atoms in total. The number of sulfonamides is 2. The van der Waals surface area contributed by atoms with Crippen molar-refractivity contribution in [3.05, 3.63) is 54.1 Å². The van der Waals surface area contributed by atoms with Gasteiger partial charge < -0.3 is 10.1 Å². The molecule has 1 saturated heterocycles. The minimum absolute atomic E-state index is 0.0470. The van der Waals surface area contributed by atoms with Crippen LogP contribution in [-0.4, -0.2) is 47.6 Å². The van der Waals surface area contributed by atoms with E-state index in [4.69, 9.17) is 9.88 Å². The van der Waals surface area contributed by atoms with Crippen LogP contribution in [0.25, 0.3) is 0 Å². The number of hydrogen-bond donors (Lipinski definition) is 2. The van der Waals surface area contributed by atoms with Crippen LogP contribution in [0.3, 0.4) is 0 Å². The Morgan fingerprint density at radius 1 is 1.06 bits per heavy atom. The summed E-state index contributed by atoms with van der Waals surface area (Å²) < 4.78 is 56.6. The third-order valence-corrected chi connectivity index (χ3v) is 8.76. The van der Waals surface area contributed by atoms with E-state index in [1.54, 1.807) is 0 Å². The van der Waals surface area contributed by atoms with Crippen molar-refractivity contribution in [1.29, 1.82) is 0 Å². The Labute approximate surface area is 183 Å². The van der Waals surface area contributed by atoms with Gasteiger partial charge in [-0.3, -0.25) is 0 Å². The second kappa shape index (κ2) is 8.51. The Balaban J connectivity index is 1.53. The second-order valence-electron chi connectivity index (χ2n) is 8.10. The zero-order valence-electron chi connectivity index (χ0n) is 17.2. The first-order valence-corrected chi connectivity index (χ1v) is 13.3. The highest BCUT2D eigenvalue weighted by atomic mass is 32.2. The lowest BCUT2D eigenvalue weighted by Gasteiger charge is -2.26. The van der Waals surface area contributed by atoms with E-state index in [2.05, 4.69) is 17.4 Å². The van der Waals surface area contributed by atoms with E-state index in [1.165, 1.54) is 22.0 Å². The molecule has 0 spiro atoms. The number of ether oxygens (including phenoxy) is 1. The number of hydrogen-bond acceptors (Lipinski definition) is 6. The number of nitrogens with one attached hydrogen (secondary N) is 1. The maximum Gasteiger partial charge on any atom is 0.245 e. The average Bonchev–Trinajstić information content (AvgIpc) is 3.55. The molecule has 31 heavy (non-hydrogen) atoms. The summed E-state index contributed by atoms with van der Waals surface area (Å²) in [5.41, 5.74) is 1.71. The summed E-state index contributed by atoms with van der Waals surface area (Å²) in [6, 6.07) is 14.3. The Bertz CT molecular complexity index is 1140. The normalized spacial score (nSPS) is 19.1. The van der Waals surface area contributed by atoms with Crippen LogP contribution in [0.5, 0.6) is 0 Å². The molecule has 0 atom stereocenters. The van der Waals surface area contributed by atoms with E-state index in [-0.39, 0.29) is 21.9 Å².